The molecule has 8 nitrogen and oxygen atoms in total. The van der Waals surface area contributed by atoms with E-state index in [2.05, 4.69) is 15.5 Å². The van der Waals surface area contributed by atoms with Gasteiger partial charge in [-0.05, 0) is 32.4 Å². The number of nitrogens with one attached hydrogen (secondary N) is 1. The van der Waals surface area contributed by atoms with Gasteiger partial charge in [0, 0.05) is 19.4 Å². The van der Waals surface area contributed by atoms with E-state index in [1.807, 2.05) is 0 Å². The molecule has 0 aromatic carbocycles. The summed E-state index contributed by atoms with van der Waals surface area (Å²) in [5, 5.41) is 15.5. The number of amides is 1. The molecule has 8 heteroatoms. The first-order chi connectivity index (χ1) is 10.9. The van der Waals surface area contributed by atoms with Crippen LogP contribution in [0, 0.1) is 5.41 Å². The Labute approximate surface area is 132 Å². The molecule has 0 aliphatic rings. The highest BCUT2D eigenvalue weighted by Crippen LogP contribution is 2.19. The third-order valence-corrected chi connectivity index (χ3v) is 3.43. The first-order valence-corrected chi connectivity index (χ1v) is 7.25. The lowest BCUT2D eigenvalue weighted by molar-refractivity contribution is -0.147. The summed E-state index contributed by atoms with van der Waals surface area (Å²) in [7, 11) is 0. The second-order valence-electron chi connectivity index (χ2n) is 5.78. The summed E-state index contributed by atoms with van der Waals surface area (Å²) in [6.07, 6.45) is 2.36. The van der Waals surface area contributed by atoms with Crippen molar-refractivity contribution in [1.29, 1.82) is 0 Å². The van der Waals surface area contributed by atoms with E-state index in [-0.39, 0.29) is 12.3 Å². The third kappa shape index (κ3) is 4.67. The summed E-state index contributed by atoms with van der Waals surface area (Å²) in [5.74, 6) is 0.110. The van der Waals surface area contributed by atoms with Crippen LogP contribution in [0.4, 0.5) is 0 Å². The molecule has 0 aliphatic heterocycles. The molecule has 0 saturated carbocycles. The molecule has 0 radical (unpaired) electrons. The van der Waals surface area contributed by atoms with Crippen molar-refractivity contribution in [1.82, 2.24) is 15.5 Å². The van der Waals surface area contributed by atoms with Gasteiger partial charge in [-0.3, -0.25) is 9.59 Å². The predicted octanol–water partition coefficient (Wildman–Crippen LogP) is 1.88. The highest BCUT2D eigenvalue weighted by atomic mass is 16.5. The first kappa shape index (κ1) is 16.7. The van der Waals surface area contributed by atoms with E-state index < -0.39 is 11.4 Å². The van der Waals surface area contributed by atoms with E-state index in [1.54, 1.807) is 26.0 Å². The Hall–Kier alpha value is -2.64. The second kappa shape index (κ2) is 7.08. The number of carboxylic acids is 1. The fourth-order valence-electron chi connectivity index (χ4n) is 1.79. The van der Waals surface area contributed by atoms with E-state index in [0.29, 0.717) is 36.9 Å². The Morgan fingerprint density at radius 2 is 2.17 bits per heavy atom. The van der Waals surface area contributed by atoms with Crippen LogP contribution in [0.1, 0.15) is 32.6 Å². The van der Waals surface area contributed by atoms with Gasteiger partial charge in [-0.2, -0.15) is 4.98 Å². The van der Waals surface area contributed by atoms with Crippen LogP contribution in [0.15, 0.2) is 27.3 Å². The molecule has 0 saturated heterocycles. The summed E-state index contributed by atoms with van der Waals surface area (Å²) in [4.78, 5) is 26.8. The number of carbonyl (C=O) groups is 2. The number of nitrogens with zero attached hydrogens (tertiary/aromatic N) is 2. The average molecular weight is 321 g/mol. The highest BCUT2D eigenvalue weighted by molar-refractivity contribution is 5.76. The summed E-state index contributed by atoms with van der Waals surface area (Å²) in [5.41, 5.74) is -0.863. The van der Waals surface area contributed by atoms with E-state index in [9.17, 15) is 9.59 Å². The van der Waals surface area contributed by atoms with Crippen molar-refractivity contribution >= 4 is 11.9 Å². The number of carbonyl (C=O) groups excluding carboxylic acids is 1. The van der Waals surface area contributed by atoms with Gasteiger partial charge in [0.05, 0.1) is 11.7 Å². The van der Waals surface area contributed by atoms with Gasteiger partial charge in [0.1, 0.15) is 0 Å². The molecule has 2 aromatic heterocycles. The Balaban J connectivity index is 1.74. The molecule has 0 atom stereocenters. The summed E-state index contributed by atoms with van der Waals surface area (Å²) >= 11 is 0. The first-order valence-electron chi connectivity index (χ1n) is 7.25. The van der Waals surface area contributed by atoms with Crippen molar-refractivity contribution in [2.24, 2.45) is 5.41 Å². The zero-order valence-corrected chi connectivity index (χ0v) is 13.0. The minimum atomic E-state index is -0.886. The molecule has 0 aliphatic carbocycles. The fraction of sp³-hybridized carbons (Fsp3) is 0.467. The van der Waals surface area contributed by atoms with Crippen molar-refractivity contribution in [2.75, 3.05) is 6.54 Å². The van der Waals surface area contributed by atoms with Gasteiger partial charge >= 0.3 is 5.97 Å². The lowest BCUT2D eigenvalue weighted by Gasteiger charge is -2.18. The Morgan fingerprint density at radius 1 is 1.39 bits per heavy atom. The van der Waals surface area contributed by atoms with Crippen molar-refractivity contribution in [3.8, 4) is 11.6 Å². The second-order valence-corrected chi connectivity index (χ2v) is 5.78. The Kier molecular flexibility index (Phi) is 5.15. The average Bonchev–Trinajstić information content (AvgIpc) is 3.15. The van der Waals surface area contributed by atoms with Crippen molar-refractivity contribution < 1.29 is 23.6 Å². The number of carboxylic acid groups (broad SMARTS) is 1. The van der Waals surface area contributed by atoms with Crippen LogP contribution < -0.4 is 5.32 Å². The molecule has 2 rings (SSSR count). The van der Waals surface area contributed by atoms with Crippen LogP contribution in [0.25, 0.3) is 11.6 Å². The number of aromatic nitrogens is 2. The zero-order valence-electron chi connectivity index (χ0n) is 13.0. The maximum absolute atomic E-state index is 11.7. The maximum Gasteiger partial charge on any atom is 0.309 e. The van der Waals surface area contributed by atoms with Gasteiger partial charge in [-0.1, -0.05) is 5.16 Å². The van der Waals surface area contributed by atoms with E-state index in [0.717, 1.165) is 0 Å². The van der Waals surface area contributed by atoms with Gasteiger partial charge in [0.2, 0.25) is 17.6 Å². The van der Waals surface area contributed by atoms with Gasteiger partial charge in [0.15, 0.2) is 5.76 Å². The highest BCUT2D eigenvalue weighted by Gasteiger charge is 2.26. The molecular weight excluding hydrogens is 302 g/mol. The number of aryl methyl sites for hydroxylation is 1. The molecule has 0 unspecified atom stereocenters. The standard InChI is InChI=1S/C15H19N3O5/c1-15(2,14(20)21)7-8-16-11(19)5-6-12-17-13(18-23-12)10-4-3-9-22-10/h3-4,9H,5-8H2,1-2H3,(H,16,19)(H,20,21). The lowest BCUT2D eigenvalue weighted by Crippen LogP contribution is -2.32. The third-order valence-electron chi connectivity index (χ3n) is 3.43. The number of rotatable bonds is 8. The summed E-state index contributed by atoms with van der Waals surface area (Å²) in [6, 6.07) is 3.43. The molecular formula is C15H19N3O5. The van der Waals surface area contributed by atoms with Gasteiger partial charge < -0.3 is 19.4 Å². The Morgan fingerprint density at radius 3 is 2.83 bits per heavy atom. The molecule has 0 spiro atoms. The minimum absolute atomic E-state index is 0.188. The number of aliphatic carboxylic acids is 1. The van der Waals surface area contributed by atoms with Crippen LogP contribution in [0.3, 0.4) is 0 Å². The topological polar surface area (TPSA) is 118 Å². The van der Waals surface area contributed by atoms with Gasteiger partial charge in [-0.15, -0.1) is 0 Å². The maximum atomic E-state index is 11.7. The molecule has 2 aromatic rings. The monoisotopic (exact) mass is 321 g/mol. The van der Waals surface area contributed by atoms with Crippen molar-refractivity contribution in [3.05, 3.63) is 24.3 Å². The van der Waals surface area contributed by atoms with Crippen LogP contribution in [0.5, 0.6) is 0 Å². The molecule has 1 amide bonds. The Bertz CT molecular complexity index is 660. The number of furan rings is 1. The van der Waals surface area contributed by atoms with Crippen LogP contribution in [0.2, 0.25) is 0 Å². The number of hydrogen-bond donors (Lipinski definition) is 2. The molecule has 2 heterocycles. The van der Waals surface area contributed by atoms with E-state index >= 15 is 0 Å². The summed E-state index contributed by atoms with van der Waals surface area (Å²) < 4.78 is 10.2. The van der Waals surface area contributed by atoms with Crippen LogP contribution in [-0.2, 0) is 16.0 Å². The van der Waals surface area contributed by atoms with Crippen LogP contribution in [-0.4, -0.2) is 33.7 Å². The zero-order chi connectivity index (χ0) is 16.9. The largest absolute Gasteiger partial charge is 0.481 e. The SMILES string of the molecule is CC(C)(CCNC(=O)CCc1nc(-c2ccco2)no1)C(=O)O. The molecule has 0 bridgehead atoms. The smallest absolute Gasteiger partial charge is 0.309 e. The molecule has 0 fully saturated rings. The van der Waals surface area contributed by atoms with E-state index in [4.69, 9.17) is 14.0 Å². The predicted molar refractivity (Wildman–Crippen MR) is 79.4 cm³/mol. The molecule has 124 valence electrons. The van der Waals surface area contributed by atoms with Gasteiger partial charge in [-0.25, -0.2) is 0 Å². The quantitative estimate of drug-likeness (QED) is 0.762. The van der Waals surface area contributed by atoms with Gasteiger partial charge in [0.25, 0.3) is 0 Å². The fourth-order valence-corrected chi connectivity index (χ4v) is 1.79. The molecule has 23 heavy (non-hydrogen) atoms. The van der Waals surface area contributed by atoms with E-state index in [1.165, 1.54) is 6.26 Å². The lowest BCUT2D eigenvalue weighted by atomic mass is 9.90. The van der Waals surface area contributed by atoms with Crippen molar-refractivity contribution in [2.45, 2.75) is 33.1 Å². The normalized spacial score (nSPS) is 11.4. The van der Waals surface area contributed by atoms with Crippen molar-refractivity contribution in [3.63, 3.8) is 0 Å². The summed E-state index contributed by atoms with van der Waals surface area (Å²) in [6.45, 7) is 3.55. The minimum Gasteiger partial charge on any atom is -0.481 e. The molecule has 2 N–H and O–H groups in total. The van der Waals surface area contributed by atoms with Crippen LogP contribution >= 0.6 is 0 Å². The number of hydrogen-bond acceptors (Lipinski definition) is 6.